The van der Waals surface area contributed by atoms with Gasteiger partial charge in [0.2, 0.25) is 0 Å². The summed E-state index contributed by atoms with van der Waals surface area (Å²) in [4.78, 5) is 0. The van der Waals surface area contributed by atoms with Crippen LogP contribution in [0, 0.1) is 0 Å². The lowest BCUT2D eigenvalue weighted by atomic mass is 9.90. The van der Waals surface area contributed by atoms with Gasteiger partial charge in [-0.05, 0) is 61.3 Å². The van der Waals surface area contributed by atoms with Gasteiger partial charge in [0.05, 0.1) is 0 Å². The molecular formula is C18H33NO. The lowest BCUT2D eigenvalue weighted by molar-refractivity contribution is 0.736. The van der Waals surface area contributed by atoms with Crippen LogP contribution in [0.2, 0.25) is 0 Å². The van der Waals surface area contributed by atoms with Crippen molar-refractivity contribution in [3.05, 3.63) is 28.8 Å². The topological polar surface area (TPSA) is 57.5 Å². The third-order valence-corrected chi connectivity index (χ3v) is 3.92. The highest BCUT2D eigenvalue weighted by atomic mass is 16.0. The highest BCUT2D eigenvalue weighted by molar-refractivity contribution is 5.54. The minimum atomic E-state index is 0. The second-order valence-corrected chi connectivity index (χ2v) is 5.58. The number of unbranched alkanes of at least 4 members (excludes halogenated alkanes) is 3. The van der Waals surface area contributed by atoms with Crippen molar-refractivity contribution in [1.82, 2.24) is 0 Å². The van der Waals surface area contributed by atoms with Gasteiger partial charge in [0.25, 0.3) is 0 Å². The van der Waals surface area contributed by atoms with Crippen LogP contribution in [0.4, 0.5) is 5.69 Å². The maximum absolute atomic E-state index is 6.23. The molecule has 0 bridgehead atoms. The Morgan fingerprint density at radius 2 is 1.25 bits per heavy atom. The summed E-state index contributed by atoms with van der Waals surface area (Å²) in [5, 5.41) is 0. The first-order chi connectivity index (χ1) is 9.24. The summed E-state index contributed by atoms with van der Waals surface area (Å²) in [6.45, 7) is 6.79. The second-order valence-electron chi connectivity index (χ2n) is 5.58. The highest BCUT2D eigenvalue weighted by Gasteiger charge is 2.11. The predicted molar refractivity (Wildman–Crippen MR) is 90.3 cm³/mol. The van der Waals surface area contributed by atoms with Gasteiger partial charge < -0.3 is 11.2 Å². The smallest absolute Gasteiger partial charge is 0.0349 e. The van der Waals surface area contributed by atoms with E-state index >= 15 is 0 Å². The molecular weight excluding hydrogens is 246 g/mol. The van der Waals surface area contributed by atoms with Crippen molar-refractivity contribution in [2.45, 2.75) is 78.6 Å². The van der Waals surface area contributed by atoms with Crippen molar-refractivity contribution in [2.24, 2.45) is 0 Å². The van der Waals surface area contributed by atoms with E-state index in [1.54, 1.807) is 11.1 Å². The van der Waals surface area contributed by atoms with Gasteiger partial charge in [-0.2, -0.15) is 0 Å². The van der Waals surface area contributed by atoms with Crippen molar-refractivity contribution < 1.29 is 5.48 Å². The van der Waals surface area contributed by atoms with E-state index in [1.165, 1.54) is 56.9 Å². The zero-order valence-electron chi connectivity index (χ0n) is 13.6. The molecule has 1 aromatic carbocycles. The number of aryl methyl sites for hydroxylation is 1. The van der Waals surface area contributed by atoms with Crippen molar-refractivity contribution in [1.29, 1.82) is 0 Å². The number of anilines is 1. The molecule has 0 atom stereocenters. The Kier molecular flexibility index (Phi) is 10.2. The van der Waals surface area contributed by atoms with Gasteiger partial charge in [0.15, 0.2) is 0 Å². The molecule has 0 aromatic heterocycles. The molecule has 0 amide bonds. The van der Waals surface area contributed by atoms with Crippen molar-refractivity contribution in [3.8, 4) is 0 Å². The number of rotatable bonds is 9. The Labute approximate surface area is 125 Å². The van der Waals surface area contributed by atoms with Crippen LogP contribution >= 0.6 is 0 Å². The van der Waals surface area contributed by atoms with Crippen LogP contribution in [0.1, 0.15) is 76.0 Å². The molecule has 0 aliphatic heterocycles. The van der Waals surface area contributed by atoms with E-state index in [9.17, 15) is 0 Å². The molecule has 2 nitrogen and oxygen atoms in total. The first-order valence-electron chi connectivity index (χ1n) is 8.13. The van der Waals surface area contributed by atoms with Gasteiger partial charge in [0.1, 0.15) is 0 Å². The molecule has 0 saturated heterocycles. The first kappa shape index (κ1) is 19.0. The fourth-order valence-corrected chi connectivity index (χ4v) is 2.67. The lowest BCUT2D eigenvalue weighted by Gasteiger charge is -2.17. The summed E-state index contributed by atoms with van der Waals surface area (Å²) in [5.41, 5.74) is 11.8. The van der Waals surface area contributed by atoms with Gasteiger partial charge in [-0.3, -0.25) is 0 Å². The standard InChI is InChI=1S/C18H31N.H2O/c1-4-7-10-15-13-14-18(19)17(12-9-6-3)16(15)11-8-5-2;/h13-14H,4-12,19H2,1-3H3;1H2. The SMILES string of the molecule is CCCCc1ccc(N)c(CCCC)c1CCCC.O. The molecule has 0 heterocycles. The van der Waals surface area contributed by atoms with Crippen LogP contribution in [0.15, 0.2) is 12.1 Å². The van der Waals surface area contributed by atoms with Crippen LogP contribution < -0.4 is 5.73 Å². The molecule has 0 radical (unpaired) electrons. The van der Waals surface area contributed by atoms with Gasteiger partial charge in [-0.1, -0.05) is 46.1 Å². The summed E-state index contributed by atoms with van der Waals surface area (Å²) in [7, 11) is 0. The molecule has 0 saturated carbocycles. The van der Waals surface area contributed by atoms with Crippen LogP contribution in [-0.2, 0) is 19.3 Å². The van der Waals surface area contributed by atoms with E-state index in [2.05, 4.69) is 32.9 Å². The number of hydrogen-bond donors (Lipinski definition) is 1. The first-order valence-corrected chi connectivity index (χ1v) is 8.13. The molecule has 2 heteroatoms. The quantitative estimate of drug-likeness (QED) is 0.666. The lowest BCUT2D eigenvalue weighted by Crippen LogP contribution is -2.05. The van der Waals surface area contributed by atoms with E-state index in [-0.39, 0.29) is 5.48 Å². The molecule has 1 rings (SSSR count). The molecule has 0 aliphatic rings. The normalized spacial score (nSPS) is 10.3. The number of nitrogen functional groups attached to an aromatic ring is 1. The van der Waals surface area contributed by atoms with E-state index in [1.807, 2.05) is 0 Å². The monoisotopic (exact) mass is 279 g/mol. The molecule has 1 aromatic rings. The van der Waals surface area contributed by atoms with Crippen LogP contribution in [0.5, 0.6) is 0 Å². The maximum atomic E-state index is 6.23. The molecule has 4 N–H and O–H groups in total. The van der Waals surface area contributed by atoms with Crippen molar-refractivity contribution in [2.75, 3.05) is 5.73 Å². The molecule has 0 spiro atoms. The largest absolute Gasteiger partial charge is 0.412 e. The Morgan fingerprint density at radius 3 is 1.80 bits per heavy atom. The van der Waals surface area contributed by atoms with E-state index in [4.69, 9.17) is 5.73 Å². The minimum Gasteiger partial charge on any atom is -0.412 e. The molecule has 20 heavy (non-hydrogen) atoms. The van der Waals surface area contributed by atoms with E-state index in [0.29, 0.717) is 0 Å². The van der Waals surface area contributed by atoms with Crippen molar-refractivity contribution in [3.63, 3.8) is 0 Å². The van der Waals surface area contributed by atoms with Gasteiger partial charge in [0, 0.05) is 5.69 Å². The average Bonchev–Trinajstić information content (AvgIpc) is 2.42. The van der Waals surface area contributed by atoms with Crippen molar-refractivity contribution >= 4 is 5.69 Å². The average molecular weight is 279 g/mol. The number of benzene rings is 1. The molecule has 0 unspecified atom stereocenters. The summed E-state index contributed by atoms with van der Waals surface area (Å²) in [5.74, 6) is 0. The second kappa shape index (κ2) is 10.7. The zero-order chi connectivity index (χ0) is 14.1. The van der Waals surface area contributed by atoms with Gasteiger partial charge >= 0.3 is 0 Å². The van der Waals surface area contributed by atoms with Crippen LogP contribution in [-0.4, -0.2) is 5.48 Å². The Bertz CT molecular complexity index is 374. The third-order valence-electron chi connectivity index (χ3n) is 3.92. The summed E-state index contributed by atoms with van der Waals surface area (Å²) >= 11 is 0. The minimum absolute atomic E-state index is 0. The third kappa shape index (κ3) is 5.54. The van der Waals surface area contributed by atoms with E-state index in [0.717, 1.165) is 12.1 Å². The summed E-state index contributed by atoms with van der Waals surface area (Å²) in [6.07, 6.45) is 11.2. The predicted octanol–water partition coefficient (Wildman–Crippen LogP) is 4.47. The fourth-order valence-electron chi connectivity index (χ4n) is 2.67. The summed E-state index contributed by atoms with van der Waals surface area (Å²) < 4.78 is 0. The summed E-state index contributed by atoms with van der Waals surface area (Å²) in [6, 6.07) is 4.40. The number of hydrogen-bond acceptors (Lipinski definition) is 1. The molecule has 0 fully saturated rings. The maximum Gasteiger partial charge on any atom is 0.0349 e. The Balaban J connectivity index is 0.00000361. The molecule has 0 aliphatic carbocycles. The van der Waals surface area contributed by atoms with Crippen LogP contribution in [0.25, 0.3) is 0 Å². The van der Waals surface area contributed by atoms with Crippen LogP contribution in [0.3, 0.4) is 0 Å². The molecule has 116 valence electrons. The van der Waals surface area contributed by atoms with Gasteiger partial charge in [-0.15, -0.1) is 0 Å². The fraction of sp³-hybridized carbons (Fsp3) is 0.667. The Hall–Kier alpha value is -1.02. The number of nitrogens with two attached hydrogens (primary N) is 1. The van der Waals surface area contributed by atoms with E-state index < -0.39 is 0 Å². The van der Waals surface area contributed by atoms with Gasteiger partial charge in [-0.25, -0.2) is 0 Å². The zero-order valence-corrected chi connectivity index (χ0v) is 13.6. The highest BCUT2D eigenvalue weighted by Crippen LogP contribution is 2.26. The Morgan fingerprint density at radius 1 is 0.750 bits per heavy atom.